The molecule has 0 fully saturated rings. The van der Waals surface area contributed by atoms with Gasteiger partial charge in [-0.2, -0.15) is 0 Å². The van der Waals surface area contributed by atoms with E-state index in [0.29, 0.717) is 5.41 Å². The second-order valence-electron chi connectivity index (χ2n) is 5.17. The van der Waals surface area contributed by atoms with Crippen LogP contribution in [0.3, 0.4) is 0 Å². The molecule has 0 aliphatic carbocycles. The van der Waals surface area contributed by atoms with Crippen LogP contribution < -0.4 is 0 Å². The van der Waals surface area contributed by atoms with Crippen LogP contribution in [-0.4, -0.2) is 0 Å². The van der Waals surface area contributed by atoms with Gasteiger partial charge >= 0.3 is 0 Å². The summed E-state index contributed by atoms with van der Waals surface area (Å²) in [5, 5.41) is 0. The van der Waals surface area contributed by atoms with Gasteiger partial charge in [-0.25, -0.2) is 0 Å². The van der Waals surface area contributed by atoms with Crippen molar-refractivity contribution in [3.05, 3.63) is 34.9 Å². The van der Waals surface area contributed by atoms with E-state index in [0.717, 1.165) is 0 Å². The lowest BCUT2D eigenvalue weighted by molar-refractivity contribution is 0.410. The summed E-state index contributed by atoms with van der Waals surface area (Å²) in [7, 11) is 0. The van der Waals surface area contributed by atoms with E-state index in [9.17, 15) is 0 Å². The molecule has 0 radical (unpaired) electrons. The molecule has 0 saturated carbocycles. The Labute approximate surface area is 95.7 Å². The molecule has 0 amide bonds. The third-order valence-electron chi connectivity index (χ3n) is 2.23. The van der Waals surface area contributed by atoms with E-state index in [4.69, 9.17) is 0 Å². The van der Waals surface area contributed by atoms with Gasteiger partial charge in [-0.15, -0.1) is 0 Å². The molecule has 1 aromatic carbocycles. The fourth-order valence-electron chi connectivity index (χ4n) is 1.56. The van der Waals surface area contributed by atoms with Gasteiger partial charge in [0.25, 0.3) is 0 Å². The molecule has 0 spiro atoms. The van der Waals surface area contributed by atoms with Gasteiger partial charge in [0.15, 0.2) is 0 Å². The summed E-state index contributed by atoms with van der Waals surface area (Å²) in [5.41, 5.74) is 4.66. The quantitative estimate of drug-likeness (QED) is 0.612. The van der Waals surface area contributed by atoms with Crippen LogP contribution in [0.2, 0.25) is 0 Å². The van der Waals surface area contributed by atoms with Crippen molar-refractivity contribution in [2.75, 3.05) is 0 Å². The first-order valence-corrected chi connectivity index (χ1v) is 5.95. The van der Waals surface area contributed by atoms with Crippen LogP contribution in [0, 0.1) is 19.3 Å². The monoisotopic (exact) mass is 206 g/mol. The summed E-state index contributed by atoms with van der Waals surface area (Å²) >= 11 is 0. The highest BCUT2D eigenvalue weighted by Crippen LogP contribution is 2.23. The average molecular weight is 206 g/mol. The molecule has 0 heterocycles. The minimum atomic E-state index is 0.387. The second kappa shape index (κ2) is 5.95. The van der Waals surface area contributed by atoms with Crippen molar-refractivity contribution in [2.45, 2.75) is 54.9 Å². The lowest BCUT2D eigenvalue weighted by atomic mass is 9.86. The maximum atomic E-state index is 2.31. The Bertz CT molecular complexity index is 289. The minimum Gasteiger partial charge on any atom is -0.0683 e. The first-order chi connectivity index (χ1) is 6.88. The van der Waals surface area contributed by atoms with Crippen LogP contribution in [0.5, 0.6) is 0 Å². The molecule has 1 aromatic rings. The molecule has 0 heteroatoms. The van der Waals surface area contributed by atoms with Crippen molar-refractivity contribution in [1.82, 2.24) is 0 Å². The predicted octanol–water partition coefficient (Wildman–Crippen LogP) is 4.92. The topological polar surface area (TPSA) is 0 Å². The van der Waals surface area contributed by atoms with Crippen molar-refractivity contribution in [3.8, 4) is 0 Å². The van der Waals surface area contributed by atoms with Gasteiger partial charge in [-0.05, 0) is 36.8 Å². The van der Waals surface area contributed by atoms with Crippen LogP contribution in [0.15, 0.2) is 18.2 Å². The molecular formula is C15H26. The van der Waals surface area contributed by atoms with Crippen LogP contribution in [0.25, 0.3) is 0 Å². The molecule has 1 rings (SSSR count). The van der Waals surface area contributed by atoms with Crippen molar-refractivity contribution < 1.29 is 0 Å². The maximum Gasteiger partial charge on any atom is -0.0227 e. The van der Waals surface area contributed by atoms with Gasteiger partial charge in [-0.1, -0.05) is 58.4 Å². The third kappa shape index (κ3) is 5.61. The average Bonchev–Trinajstić information content (AvgIpc) is 2.12. The molecule has 0 nitrogen and oxygen atoms in total. The predicted molar refractivity (Wildman–Crippen MR) is 70.4 cm³/mol. The summed E-state index contributed by atoms with van der Waals surface area (Å²) < 4.78 is 0. The minimum absolute atomic E-state index is 0.387. The van der Waals surface area contributed by atoms with E-state index >= 15 is 0 Å². The fourth-order valence-corrected chi connectivity index (χ4v) is 1.56. The summed E-state index contributed by atoms with van der Waals surface area (Å²) in [6.07, 6.45) is 1.17. The summed E-state index contributed by atoms with van der Waals surface area (Å²) in [6, 6.07) is 6.71. The molecular weight excluding hydrogens is 180 g/mol. The molecule has 15 heavy (non-hydrogen) atoms. The Morgan fingerprint density at radius 2 is 1.53 bits per heavy atom. The zero-order valence-corrected chi connectivity index (χ0v) is 11.4. The molecule has 0 aliphatic rings. The standard InChI is InChI=1S/C13H20.C2H6/c1-10-6-7-11(2)12(8-10)9-13(3,4)5;1-2/h6-8H,9H2,1-5H3;1-2H3. The number of benzene rings is 1. The highest BCUT2D eigenvalue weighted by atomic mass is 14.2. The first-order valence-electron chi connectivity index (χ1n) is 5.95. The highest BCUT2D eigenvalue weighted by molar-refractivity contribution is 5.31. The van der Waals surface area contributed by atoms with E-state index < -0.39 is 0 Å². The molecule has 0 bridgehead atoms. The lowest BCUT2D eigenvalue weighted by Gasteiger charge is -2.19. The van der Waals surface area contributed by atoms with Crippen LogP contribution in [0.1, 0.15) is 51.3 Å². The Morgan fingerprint density at radius 1 is 1.00 bits per heavy atom. The van der Waals surface area contributed by atoms with Gasteiger partial charge in [0.2, 0.25) is 0 Å². The normalized spacial score (nSPS) is 10.6. The highest BCUT2D eigenvalue weighted by Gasteiger charge is 2.12. The van der Waals surface area contributed by atoms with E-state index in [-0.39, 0.29) is 0 Å². The smallest absolute Gasteiger partial charge is 0.0227 e. The largest absolute Gasteiger partial charge is 0.0683 e. The maximum absolute atomic E-state index is 2.31. The molecule has 0 aliphatic heterocycles. The van der Waals surface area contributed by atoms with E-state index in [1.165, 1.54) is 23.1 Å². The van der Waals surface area contributed by atoms with Crippen molar-refractivity contribution in [1.29, 1.82) is 0 Å². The molecule has 0 saturated heterocycles. The van der Waals surface area contributed by atoms with Gasteiger partial charge in [0.1, 0.15) is 0 Å². The summed E-state index contributed by atoms with van der Waals surface area (Å²) in [4.78, 5) is 0. The number of rotatable bonds is 1. The van der Waals surface area contributed by atoms with Gasteiger partial charge in [0, 0.05) is 0 Å². The Balaban J connectivity index is 0.000000921. The Hall–Kier alpha value is -0.780. The second-order valence-corrected chi connectivity index (χ2v) is 5.17. The molecule has 0 unspecified atom stereocenters. The van der Waals surface area contributed by atoms with E-state index in [1.54, 1.807) is 0 Å². The van der Waals surface area contributed by atoms with Crippen molar-refractivity contribution in [3.63, 3.8) is 0 Å². The van der Waals surface area contributed by atoms with Gasteiger partial charge in [0.05, 0.1) is 0 Å². The third-order valence-corrected chi connectivity index (χ3v) is 2.23. The van der Waals surface area contributed by atoms with Crippen molar-refractivity contribution in [2.24, 2.45) is 5.41 Å². The lowest BCUT2D eigenvalue weighted by Crippen LogP contribution is -2.10. The number of hydrogen-bond donors (Lipinski definition) is 0. The Kier molecular flexibility index (Phi) is 5.64. The number of hydrogen-bond acceptors (Lipinski definition) is 0. The van der Waals surface area contributed by atoms with Crippen molar-refractivity contribution >= 4 is 0 Å². The van der Waals surface area contributed by atoms with E-state index in [1.807, 2.05) is 13.8 Å². The number of aryl methyl sites for hydroxylation is 2. The Morgan fingerprint density at radius 3 is 2.00 bits per heavy atom. The van der Waals surface area contributed by atoms with Gasteiger partial charge < -0.3 is 0 Å². The van der Waals surface area contributed by atoms with Gasteiger partial charge in [-0.3, -0.25) is 0 Å². The molecule has 0 N–H and O–H groups in total. The van der Waals surface area contributed by atoms with Crippen LogP contribution >= 0.6 is 0 Å². The summed E-state index contributed by atoms with van der Waals surface area (Å²) in [5.74, 6) is 0. The van der Waals surface area contributed by atoms with E-state index in [2.05, 4.69) is 52.8 Å². The first kappa shape index (κ1) is 14.2. The van der Waals surface area contributed by atoms with Crippen LogP contribution in [-0.2, 0) is 6.42 Å². The fraction of sp³-hybridized carbons (Fsp3) is 0.600. The summed E-state index contributed by atoms with van der Waals surface area (Å²) in [6.45, 7) is 15.2. The molecule has 0 aromatic heterocycles. The SMILES string of the molecule is CC.Cc1ccc(C)c(CC(C)(C)C)c1. The zero-order chi connectivity index (χ0) is 12.1. The molecule has 0 atom stereocenters. The molecule has 86 valence electrons. The van der Waals surface area contributed by atoms with Crippen LogP contribution in [0.4, 0.5) is 0 Å². The zero-order valence-electron chi connectivity index (χ0n) is 11.4.